The number of nitrogens with zero attached hydrogens (tertiary/aromatic N) is 1. The Kier molecular flexibility index (Phi) is 7.85. The first-order valence-electron chi connectivity index (χ1n) is 10.1. The van der Waals surface area contributed by atoms with Gasteiger partial charge >= 0.3 is 5.97 Å². The van der Waals surface area contributed by atoms with Crippen molar-refractivity contribution in [3.63, 3.8) is 0 Å². The van der Waals surface area contributed by atoms with E-state index in [-0.39, 0.29) is 11.8 Å². The summed E-state index contributed by atoms with van der Waals surface area (Å²) in [6.45, 7) is 2.25. The van der Waals surface area contributed by atoms with Crippen molar-refractivity contribution in [3.8, 4) is 11.5 Å². The maximum Gasteiger partial charge on any atom is 0.343 e. The minimum Gasteiger partial charge on any atom is -0.490 e. The number of carbonyl (C=O) groups excluding carboxylic acids is 2. The minimum absolute atomic E-state index is 0.0375. The van der Waals surface area contributed by atoms with E-state index in [1.165, 1.54) is 6.42 Å². The molecule has 1 N–H and O–H groups in total. The van der Waals surface area contributed by atoms with Crippen LogP contribution in [0.4, 0.5) is 0 Å². The van der Waals surface area contributed by atoms with E-state index < -0.39 is 5.97 Å². The van der Waals surface area contributed by atoms with Gasteiger partial charge < -0.3 is 9.47 Å². The largest absolute Gasteiger partial charge is 0.490 e. The molecule has 30 heavy (non-hydrogen) atoms. The summed E-state index contributed by atoms with van der Waals surface area (Å²) in [5.74, 6) is 0.227. The lowest BCUT2D eigenvalue weighted by Gasteiger charge is -2.19. The summed E-state index contributed by atoms with van der Waals surface area (Å²) in [5, 5.41) is 4.61. The first kappa shape index (κ1) is 21.8. The molecule has 0 heterocycles. The van der Waals surface area contributed by atoms with Gasteiger partial charge in [0, 0.05) is 10.9 Å². The van der Waals surface area contributed by atoms with Crippen LogP contribution < -0.4 is 14.9 Å². The highest BCUT2D eigenvalue weighted by molar-refractivity contribution is 6.30. The second-order valence-corrected chi connectivity index (χ2v) is 7.54. The second kappa shape index (κ2) is 10.8. The van der Waals surface area contributed by atoms with Crippen molar-refractivity contribution >= 4 is 29.7 Å². The molecule has 1 saturated carbocycles. The van der Waals surface area contributed by atoms with Gasteiger partial charge in [-0.3, -0.25) is 4.79 Å². The van der Waals surface area contributed by atoms with E-state index in [4.69, 9.17) is 21.1 Å². The number of nitrogens with one attached hydrogen (secondary N) is 1. The van der Waals surface area contributed by atoms with E-state index in [2.05, 4.69) is 10.5 Å². The predicted molar refractivity (Wildman–Crippen MR) is 116 cm³/mol. The number of hydrazone groups is 1. The van der Waals surface area contributed by atoms with Crippen molar-refractivity contribution in [1.82, 2.24) is 5.43 Å². The molecule has 1 aliphatic carbocycles. The molecule has 6 nitrogen and oxygen atoms in total. The summed E-state index contributed by atoms with van der Waals surface area (Å²) in [5.41, 5.74) is 3.72. The summed E-state index contributed by atoms with van der Waals surface area (Å²) in [6, 6.07) is 11.5. The van der Waals surface area contributed by atoms with E-state index in [1.54, 1.807) is 48.7 Å². The fourth-order valence-electron chi connectivity index (χ4n) is 3.33. The SMILES string of the molecule is CCOc1cc(/C=N\NC(=O)C2CCCCC2)ccc1OC(=O)c1ccc(Cl)cc1. The van der Waals surface area contributed by atoms with Crippen LogP contribution >= 0.6 is 11.6 Å². The number of rotatable bonds is 7. The van der Waals surface area contributed by atoms with Crippen LogP contribution in [-0.2, 0) is 4.79 Å². The topological polar surface area (TPSA) is 77.0 Å². The highest BCUT2D eigenvalue weighted by Crippen LogP contribution is 2.29. The molecule has 0 bridgehead atoms. The smallest absolute Gasteiger partial charge is 0.343 e. The zero-order valence-electron chi connectivity index (χ0n) is 16.9. The van der Waals surface area contributed by atoms with Crippen molar-refractivity contribution in [2.24, 2.45) is 11.0 Å². The van der Waals surface area contributed by atoms with Gasteiger partial charge in [-0.25, -0.2) is 10.2 Å². The Hall–Kier alpha value is -2.86. The molecule has 1 aliphatic rings. The zero-order valence-corrected chi connectivity index (χ0v) is 17.7. The van der Waals surface area contributed by atoms with E-state index in [9.17, 15) is 9.59 Å². The number of benzene rings is 2. The first-order valence-corrected chi connectivity index (χ1v) is 10.5. The van der Waals surface area contributed by atoms with Gasteiger partial charge in [-0.05, 0) is 67.8 Å². The summed E-state index contributed by atoms with van der Waals surface area (Å²) < 4.78 is 11.1. The number of hydrogen-bond acceptors (Lipinski definition) is 5. The van der Waals surface area contributed by atoms with Gasteiger partial charge in [0.25, 0.3) is 0 Å². The fourth-order valence-corrected chi connectivity index (χ4v) is 3.45. The van der Waals surface area contributed by atoms with Gasteiger partial charge in [0.05, 0.1) is 18.4 Å². The van der Waals surface area contributed by atoms with Crippen LogP contribution in [0.1, 0.15) is 54.9 Å². The van der Waals surface area contributed by atoms with E-state index >= 15 is 0 Å². The Morgan fingerprint density at radius 2 is 1.83 bits per heavy atom. The number of ether oxygens (including phenoxy) is 2. The molecule has 2 aromatic carbocycles. The van der Waals surface area contributed by atoms with E-state index in [0.29, 0.717) is 34.3 Å². The third-order valence-electron chi connectivity index (χ3n) is 4.91. The summed E-state index contributed by atoms with van der Waals surface area (Å²) in [6.07, 6.45) is 6.77. The second-order valence-electron chi connectivity index (χ2n) is 7.10. The first-order chi connectivity index (χ1) is 14.6. The molecule has 0 aliphatic heterocycles. The number of amides is 1. The van der Waals surface area contributed by atoms with Crippen molar-refractivity contribution in [1.29, 1.82) is 0 Å². The molecule has 3 rings (SSSR count). The maximum absolute atomic E-state index is 12.4. The summed E-state index contributed by atoms with van der Waals surface area (Å²) in [7, 11) is 0. The van der Waals surface area contributed by atoms with Gasteiger partial charge in [0.2, 0.25) is 5.91 Å². The van der Waals surface area contributed by atoms with Crippen LogP contribution in [0, 0.1) is 5.92 Å². The standard InChI is InChI=1S/C23H25ClN2O4/c1-2-29-21-14-16(15-25-26-22(27)17-6-4-3-5-7-17)8-13-20(21)30-23(28)18-9-11-19(24)12-10-18/h8-15,17H,2-7H2,1H3,(H,26,27)/b25-15-. The Morgan fingerprint density at radius 1 is 1.10 bits per heavy atom. The highest BCUT2D eigenvalue weighted by Gasteiger charge is 2.20. The van der Waals surface area contributed by atoms with Crippen LogP contribution in [-0.4, -0.2) is 24.7 Å². The monoisotopic (exact) mass is 428 g/mol. The molecule has 0 unspecified atom stereocenters. The Labute approximate surface area is 181 Å². The number of hydrogen-bond donors (Lipinski definition) is 1. The molecule has 0 radical (unpaired) electrons. The Bertz CT molecular complexity index is 906. The molecule has 0 atom stereocenters. The van der Waals surface area contributed by atoms with Gasteiger partial charge in [0.15, 0.2) is 11.5 Å². The molecule has 158 valence electrons. The maximum atomic E-state index is 12.4. The lowest BCUT2D eigenvalue weighted by Crippen LogP contribution is -2.28. The normalized spacial score (nSPS) is 14.5. The van der Waals surface area contributed by atoms with Crippen molar-refractivity contribution in [2.45, 2.75) is 39.0 Å². The average Bonchev–Trinajstić information content (AvgIpc) is 2.76. The molecule has 0 spiro atoms. The van der Waals surface area contributed by atoms with Gasteiger partial charge in [-0.2, -0.15) is 5.10 Å². The zero-order chi connectivity index (χ0) is 21.3. The van der Waals surface area contributed by atoms with Crippen LogP contribution in [0.5, 0.6) is 11.5 Å². The Balaban J connectivity index is 1.65. The summed E-state index contributed by atoms with van der Waals surface area (Å²) >= 11 is 5.85. The van der Waals surface area contributed by atoms with Crippen LogP contribution in [0.25, 0.3) is 0 Å². The average molecular weight is 429 g/mol. The molecule has 0 aromatic heterocycles. The number of carbonyl (C=O) groups is 2. The molecule has 7 heteroatoms. The van der Waals surface area contributed by atoms with E-state index in [0.717, 1.165) is 25.7 Å². The molecule has 1 fully saturated rings. The van der Waals surface area contributed by atoms with Crippen LogP contribution in [0.15, 0.2) is 47.6 Å². The molecule has 1 amide bonds. The van der Waals surface area contributed by atoms with Crippen LogP contribution in [0.2, 0.25) is 5.02 Å². The van der Waals surface area contributed by atoms with Crippen molar-refractivity contribution in [3.05, 3.63) is 58.6 Å². The predicted octanol–water partition coefficient (Wildman–Crippen LogP) is 4.99. The number of halogens is 1. The van der Waals surface area contributed by atoms with Gasteiger partial charge in [-0.1, -0.05) is 30.9 Å². The lowest BCUT2D eigenvalue weighted by molar-refractivity contribution is -0.125. The highest BCUT2D eigenvalue weighted by atomic mass is 35.5. The quantitative estimate of drug-likeness (QED) is 0.292. The van der Waals surface area contributed by atoms with Gasteiger partial charge in [-0.15, -0.1) is 0 Å². The Morgan fingerprint density at radius 3 is 2.53 bits per heavy atom. The van der Waals surface area contributed by atoms with Crippen molar-refractivity contribution in [2.75, 3.05) is 6.61 Å². The third kappa shape index (κ3) is 6.07. The van der Waals surface area contributed by atoms with Gasteiger partial charge in [0.1, 0.15) is 0 Å². The molecule has 2 aromatic rings. The lowest BCUT2D eigenvalue weighted by atomic mass is 9.89. The molecular weight excluding hydrogens is 404 g/mol. The van der Waals surface area contributed by atoms with Crippen LogP contribution in [0.3, 0.4) is 0 Å². The fraction of sp³-hybridized carbons (Fsp3) is 0.348. The van der Waals surface area contributed by atoms with Crippen molar-refractivity contribution < 1.29 is 19.1 Å². The number of esters is 1. The third-order valence-corrected chi connectivity index (χ3v) is 5.17. The van der Waals surface area contributed by atoms with E-state index in [1.807, 2.05) is 6.92 Å². The molecular formula is C23H25ClN2O4. The summed E-state index contributed by atoms with van der Waals surface area (Å²) in [4.78, 5) is 24.5. The molecule has 0 saturated heterocycles. The minimum atomic E-state index is -0.506.